The second kappa shape index (κ2) is 6.30. The van der Waals surface area contributed by atoms with Crippen LogP contribution in [0.2, 0.25) is 0 Å². The molecule has 0 fully saturated rings. The second-order valence-electron chi connectivity index (χ2n) is 5.09. The smallest absolute Gasteiger partial charge is 0.343 e. The van der Waals surface area contributed by atoms with Gasteiger partial charge in [-0.25, -0.2) is 9.59 Å². The van der Waals surface area contributed by atoms with Crippen LogP contribution >= 0.6 is 0 Å². The summed E-state index contributed by atoms with van der Waals surface area (Å²) in [4.78, 5) is 23.4. The molecule has 0 aliphatic heterocycles. The summed E-state index contributed by atoms with van der Waals surface area (Å²) in [6, 6.07) is 9.85. The van der Waals surface area contributed by atoms with Crippen molar-refractivity contribution < 1.29 is 24.5 Å². The van der Waals surface area contributed by atoms with Crippen molar-refractivity contribution in [1.82, 2.24) is 0 Å². The third-order valence-corrected chi connectivity index (χ3v) is 3.17. The number of hydrogen-bond acceptors (Lipinski definition) is 4. The summed E-state index contributed by atoms with van der Waals surface area (Å²) in [7, 11) is 0. The lowest BCUT2D eigenvalue weighted by Crippen LogP contribution is -2.13. The van der Waals surface area contributed by atoms with Crippen LogP contribution in [-0.4, -0.2) is 17.0 Å². The Morgan fingerprint density at radius 2 is 1.73 bits per heavy atom. The zero-order valence-corrected chi connectivity index (χ0v) is 12.2. The molecule has 0 saturated heterocycles. The Balaban J connectivity index is 2.37. The molecule has 0 spiro atoms. The molecule has 114 valence electrons. The zero-order chi connectivity index (χ0) is 16.3. The number of rotatable bonds is 4. The van der Waals surface area contributed by atoms with Crippen LogP contribution in [0.15, 0.2) is 42.5 Å². The first-order valence-corrected chi connectivity index (χ1v) is 6.75. The van der Waals surface area contributed by atoms with E-state index >= 15 is 0 Å². The molecule has 0 aliphatic rings. The average molecular weight is 299 g/mol. The zero-order valence-electron chi connectivity index (χ0n) is 12.2. The van der Waals surface area contributed by atoms with E-state index < -0.39 is 11.9 Å². The van der Waals surface area contributed by atoms with Crippen molar-refractivity contribution in [3.63, 3.8) is 0 Å². The highest BCUT2D eigenvalue weighted by atomic mass is 16.5. The number of esters is 1. The third kappa shape index (κ3) is 3.25. The SMILES string of the molecule is CC(C)c1c(OC(=O)c2ccc([O-])cc2)cccc1C(=O)O. The summed E-state index contributed by atoms with van der Waals surface area (Å²) < 4.78 is 5.32. The van der Waals surface area contributed by atoms with Gasteiger partial charge in [0.15, 0.2) is 0 Å². The molecule has 0 radical (unpaired) electrons. The van der Waals surface area contributed by atoms with Gasteiger partial charge in [-0.05, 0) is 30.2 Å². The summed E-state index contributed by atoms with van der Waals surface area (Å²) in [5, 5.41) is 20.3. The molecule has 0 aliphatic carbocycles. The van der Waals surface area contributed by atoms with Gasteiger partial charge in [0.25, 0.3) is 0 Å². The normalized spacial score (nSPS) is 10.5. The number of carbonyl (C=O) groups is 2. The van der Waals surface area contributed by atoms with E-state index in [1.807, 2.05) is 13.8 Å². The van der Waals surface area contributed by atoms with E-state index in [9.17, 15) is 19.8 Å². The molecule has 2 rings (SSSR count). The Labute approximate surface area is 127 Å². The molecule has 2 aromatic rings. The highest BCUT2D eigenvalue weighted by molar-refractivity contribution is 5.93. The maximum atomic E-state index is 12.1. The van der Waals surface area contributed by atoms with Crippen molar-refractivity contribution in [3.8, 4) is 11.5 Å². The average Bonchev–Trinajstić information content (AvgIpc) is 2.47. The van der Waals surface area contributed by atoms with E-state index in [-0.39, 0.29) is 28.5 Å². The summed E-state index contributed by atoms with van der Waals surface area (Å²) >= 11 is 0. The second-order valence-corrected chi connectivity index (χ2v) is 5.09. The summed E-state index contributed by atoms with van der Waals surface area (Å²) in [5.41, 5.74) is 0.800. The van der Waals surface area contributed by atoms with Gasteiger partial charge in [0.2, 0.25) is 0 Å². The lowest BCUT2D eigenvalue weighted by Gasteiger charge is -2.15. The molecular weight excluding hydrogens is 284 g/mol. The quantitative estimate of drug-likeness (QED) is 0.693. The lowest BCUT2D eigenvalue weighted by atomic mass is 9.96. The van der Waals surface area contributed by atoms with Gasteiger partial charge in [-0.2, -0.15) is 0 Å². The predicted octanol–water partition coefficient (Wildman–Crippen LogP) is 2.80. The minimum Gasteiger partial charge on any atom is -0.872 e. The van der Waals surface area contributed by atoms with Crippen LogP contribution in [0, 0.1) is 0 Å². The fourth-order valence-electron chi connectivity index (χ4n) is 2.16. The molecule has 2 aromatic carbocycles. The topological polar surface area (TPSA) is 86.7 Å². The van der Waals surface area contributed by atoms with Gasteiger partial charge >= 0.3 is 11.9 Å². The predicted molar refractivity (Wildman–Crippen MR) is 78.3 cm³/mol. The van der Waals surface area contributed by atoms with Crippen LogP contribution < -0.4 is 9.84 Å². The Morgan fingerprint density at radius 3 is 2.27 bits per heavy atom. The van der Waals surface area contributed by atoms with Crippen LogP contribution in [0.1, 0.15) is 46.0 Å². The molecule has 0 heterocycles. The summed E-state index contributed by atoms with van der Waals surface area (Å²) in [5.74, 6) is -1.82. The summed E-state index contributed by atoms with van der Waals surface area (Å²) in [6.45, 7) is 3.65. The maximum absolute atomic E-state index is 12.1. The Bertz CT molecular complexity index is 701. The van der Waals surface area contributed by atoms with E-state index in [2.05, 4.69) is 0 Å². The first-order valence-electron chi connectivity index (χ1n) is 6.75. The number of carboxylic acids is 1. The highest BCUT2D eigenvalue weighted by Crippen LogP contribution is 2.30. The number of benzene rings is 2. The number of ether oxygens (including phenoxy) is 1. The van der Waals surface area contributed by atoms with Crippen molar-refractivity contribution in [1.29, 1.82) is 0 Å². The van der Waals surface area contributed by atoms with Gasteiger partial charge in [-0.1, -0.05) is 32.0 Å². The van der Waals surface area contributed by atoms with E-state index in [1.165, 1.54) is 36.4 Å². The van der Waals surface area contributed by atoms with E-state index in [1.54, 1.807) is 6.07 Å². The fraction of sp³-hybridized carbons (Fsp3) is 0.176. The van der Waals surface area contributed by atoms with Crippen LogP contribution in [0.4, 0.5) is 0 Å². The molecule has 0 bridgehead atoms. The van der Waals surface area contributed by atoms with E-state index in [0.717, 1.165) is 0 Å². The van der Waals surface area contributed by atoms with Gasteiger partial charge < -0.3 is 14.9 Å². The highest BCUT2D eigenvalue weighted by Gasteiger charge is 2.20. The fourth-order valence-corrected chi connectivity index (χ4v) is 2.16. The third-order valence-electron chi connectivity index (χ3n) is 3.17. The number of aromatic carboxylic acids is 1. The molecule has 0 atom stereocenters. The van der Waals surface area contributed by atoms with Crippen LogP contribution in [0.5, 0.6) is 11.5 Å². The molecule has 0 unspecified atom stereocenters. The van der Waals surface area contributed by atoms with Crippen LogP contribution in [0.3, 0.4) is 0 Å². The Morgan fingerprint density at radius 1 is 1.09 bits per heavy atom. The van der Waals surface area contributed by atoms with Gasteiger partial charge in [-0.3, -0.25) is 0 Å². The first kappa shape index (κ1) is 15.6. The van der Waals surface area contributed by atoms with Crippen molar-refractivity contribution in [3.05, 3.63) is 59.2 Å². The van der Waals surface area contributed by atoms with Crippen molar-refractivity contribution in [2.75, 3.05) is 0 Å². The van der Waals surface area contributed by atoms with Crippen molar-refractivity contribution in [2.45, 2.75) is 19.8 Å². The number of hydrogen-bond donors (Lipinski definition) is 1. The van der Waals surface area contributed by atoms with Gasteiger partial charge in [0, 0.05) is 5.56 Å². The Kier molecular flexibility index (Phi) is 4.46. The van der Waals surface area contributed by atoms with E-state index in [4.69, 9.17) is 4.74 Å². The minimum absolute atomic E-state index is 0.107. The molecule has 22 heavy (non-hydrogen) atoms. The maximum Gasteiger partial charge on any atom is 0.343 e. The van der Waals surface area contributed by atoms with Crippen molar-refractivity contribution in [2.24, 2.45) is 0 Å². The minimum atomic E-state index is -1.07. The molecule has 1 N–H and O–H groups in total. The van der Waals surface area contributed by atoms with Gasteiger partial charge in [0.1, 0.15) is 5.75 Å². The van der Waals surface area contributed by atoms with E-state index in [0.29, 0.717) is 5.56 Å². The monoisotopic (exact) mass is 299 g/mol. The van der Waals surface area contributed by atoms with Gasteiger partial charge in [0.05, 0.1) is 11.1 Å². The Hall–Kier alpha value is -2.82. The number of carboxylic acid groups (broad SMARTS) is 1. The first-order chi connectivity index (χ1) is 10.4. The van der Waals surface area contributed by atoms with Gasteiger partial charge in [-0.15, -0.1) is 5.75 Å². The summed E-state index contributed by atoms with van der Waals surface area (Å²) in [6.07, 6.45) is 0. The molecule has 5 heteroatoms. The standard InChI is InChI=1S/C17H16O5/c1-10(2)15-13(16(19)20)4-3-5-14(15)22-17(21)11-6-8-12(18)9-7-11/h3-10,18H,1-2H3,(H,19,20)/p-1. The molecule has 0 aromatic heterocycles. The molecule has 0 amide bonds. The lowest BCUT2D eigenvalue weighted by molar-refractivity contribution is -0.268. The van der Waals surface area contributed by atoms with Crippen LogP contribution in [-0.2, 0) is 0 Å². The van der Waals surface area contributed by atoms with Crippen LogP contribution in [0.25, 0.3) is 0 Å². The largest absolute Gasteiger partial charge is 0.872 e. The molecule has 5 nitrogen and oxygen atoms in total. The molecule has 0 saturated carbocycles. The molecular formula is C17H15O5-. The van der Waals surface area contributed by atoms with Crippen molar-refractivity contribution >= 4 is 11.9 Å². The number of carbonyl (C=O) groups excluding carboxylic acids is 1.